The normalized spacial score (nSPS) is 17.1. The molecule has 0 saturated carbocycles. The molecular formula is C20H22ClNO2. The highest BCUT2D eigenvalue weighted by molar-refractivity contribution is 6.30. The quantitative estimate of drug-likeness (QED) is 0.791. The Balaban J connectivity index is 1.68. The van der Waals surface area contributed by atoms with E-state index in [9.17, 15) is 4.79 Å². The maximum Gasteiger partial charge on any atom is 0.227 e. The molecule has 1 saturated heterocycles. The Morgan fingerprint density at radius 2 is 1.88 bits per heavy atom. The molecule has 0 unspecified atom stereocenters. The summed E-state index contributed by atoms with van der Waals surface area (Å²) in [4.78, 5) is 14.7. The lowest BCUT2D eigenvalue weighted by Gasteiger charge is -2.25. The molecule has 2 aromatic rings. The van der Waals surface area contributed by atoms with E-state index in [0.29, 0.717) is 13.0 Å². The third-order valence-electron chi connectivity index (χ3n) is 4.42. The lowest BCUT2D eigenvalue weighted by atomic mass is 10.0. The summed E-state index contributed by atoms with van der Waals surface area (Å²) in [5.41, 5.74) is 2.18. The lowest BCUT2D eigenvalue weighted by Crippen LogP contribution is -2.31. The van der Waals surface area contributed by atoms with E-state index in [1.54, 1.807) is 0 Å². The fourth-order valence-electron chi connectivity index (χ4n) is 3.24. The average molecular weight is 344 g/mol. The third kappa shape index (κ3) is 3.90. The minimum atomic E-state index is 0.164. The second-order valence-corrected chi connectivity index (χ2v) is 6.49. The van der Waals surface area contributed by atoms with Crippen LogP contribution in [0.4, 0.5) is 0 Å². The zero-order valence-corrected chi connectivity index (χ0v) is 14.6. The van der Waals surface area contributed by atoms with Crippen LogP contribution in [0.25, 0.3) is 0 Å². The minimum absolute atomic E-state index is 0.164. The van der Waals surface area contributed by atoms with Crippen LogP contribution in [-0.4, -0.2) is 24.0 Å². The smallest absolute Gasteiger partial charge is 0.227 e. The van der Waals surface area contributed by atoms with E-state index < -0.39 is 0 Å². The van der Waals surface area contributed by atoms with Crippen LogP contribution < -0.4 is 4.74 Å². The number of hydrogen-bond acceptors (Lipinski definition) is 2. The van der Waals surface area contributed by atoms with E-state index in [0.717, 1.165) is 41.3 Å². The molecule has 2 aromatic carbocycles. The molecular weight excluding hydrogens is 322 g/mol. The molecule has 1 fully saturated rings. The van der Waals surface area contributed by atoms with Crippen LogP contribution >= 0.6 is 11.6 Å². The van der Waals surface area contributed by atoms with Gasteiger partial charge in [-0.3, -0.25) is 4.79 Å². The second-order valence-electron chi connectivity index (χ2n) is 6.05. The van der Waals surface area contributed by atoms with Gasteiger partial charge in [0.05, 0.1) is 19.1 Å². The van der Waals surface area contributed by atoms with Gasteiger partial charge >= 0.3 is 0 Å². The summed E-state index contributed by atoms with van der Waals surface area (Å²) >= 11 is 5.97. The predicted molar refractivity (Wildman–Crippen MR) is 96.5 cm³/mol. The first-order chi connectivity index (χ1) is 11.7. The minimum Gasteiger partial charge on any atom is -0.494 e. The molecule has 0 radical (unpaired) electrons. The molecule has 1 aliphatic rings. The number of amides is 1. The van der Waals surface area contributed by atoms with Crippen molar-refractivity contribution < 1.29 is 9.53 Å². The third-order valence-corrected chi connectivity index (χ3v) is 4.67. The molecule has 126 valence electrons. The van der Waals surface area contributed by atoms with Gasteiger partial charge in [-0.1, -0.05) is 35.9 Å². The molecule has 1 heterocycles. The zero-order valence-electron chi connectivity index (χ0n) is 13.9. The summed E-state index contributed by atoms with van der Waals surface area (Å²) < 4.78 is 5.44. The van der Waals surface area contributed by atoms with Crippen molar-refractivity contribution in [3.8, 4) is 5.75 Å². The summed E-state index contributed by atoms with van der Waals surface area (Å²) in [5.74, 6) is 1.02. The number of carbonyl (C=O) groups is 1. The number of rotatable bonds is 5. The SMILES string of the molecule is CCOc1ccc(CC(=O)N2CCC[C@@H]2c2ccc(Cl)cc2)cc1. The van der Waals surface area contributed by atoms with Crippen LogP contribution in [0.3, 0.4) is 0 Å². The van der Waals surface area contributed by atoms with Gasteiger partial charge in [0, 0.05) is 11.6 Å². The van der Waals surface area contributed by atoms with Gasteiger partial charge in [-0.05, 0) is 55.2 Å². The standard InChI is InChI=1S/C20H22ClNO2/c1-2-24-18-11-5-15(6-12-18)14-20(23)22-13-3-4-19(22)16-7-9-17(21)10-8-16/h5-12,19H,2-4,13-14H2,1H3/t19-/m1/s1. The molecule has 24 heavy (non-hydrogen) atoms. The number of halogens is 1. The molecule has 1 amide bonds. The number of hydrogen-bond donors (Lipinski definition) is 0. The van der Waals surface area contributed by atoms with Crippen LogP contribution in [0, 0.1) is 0 Å². The van der Waals surface area contributed by atoms with E-state index in [1.807, 2.05) is 60.4 Å². The van der Waals surface area contributed by atoms with Crippen LogP contribution in [0.15, 0.2) is 48.5 Å². The van der Waals surface area contributed by atoms with Crippen molar-refractivity contribution in [1.29, 1.82) is 0 Å². The molecule has 0 aromatic heterocycles. The fraction of sp³-hybridized carbons (Fsp3) is 0.350. The predicted octanol–water partition coefficient (Wildman–Crippen LogP) is 4.64. The van der Waals surface area contributed by atoms with Crippen molar-refractivity contribution >= 4 is 17.5 Å². The van der Waals surface area contributed by atoms with Gasteiger partial charge in [0.15, 0.2) is 0 Å². The average Bonchev–Trinajstić information content (AvgIpc) is 3.07. The maximum atomic E-state index is 12.7. The van der Waals surface area contributed by atoms with Crippen LogP contribution in [0.2, 0.25) is 5.02 Å². The maximum absolute atomic E-state index is 12.7. The van der Waals surface area contributed by atoms with E-state index in [1.165, 1.54) is 0 Å². The van der Waals surface area contributed by atoms with Crippen molar-refractivity contribution in [2.75, 3.05) is 13.2 Å². The number of ether oxygens (including phenoxy) is 1. The monoisotopic (exact) mass is 343 g/mol. The Kier molecular flexibility index (Phi) is 5.41. The van der Waals surface area contributed by atoms with Gasteiger partial charge in [-0.15, -0.1) is 0 Å². The molecule has 0 bridgehead atoms. The summed E-state index contributed by atoms with van der Waals surface area (Å²) in [5, 5.41) is 0.726. The van der Waals surface area contributed by atoms with E-state index >= 15 is 0 Å². The molecule has 3 nitrogen and oxygen atoms in total. The summed E-state index contributed by atoms with van der Waals surface area (Å²) in [6.07, 6.45) is 2.48. The van der Waals surface area contributed by atoms with Gasteiger partial charge in [-0.2, -0.15) is 0 Å². The molecule has 0 aliphatic carbocycles. The first kappa shape index (κ1) is 16.8. The molecule has 1 aliphatic heterocycles. The van der Waals surface area contributed by atoms with Crippen molar-refractivity contribution in [1.82, 2.24) is 4.90 Å². The van der Waals surface area contributed by atoms with E-state index in [-0.39, 0.29) is 11.9 Å². The van der Waals surface area contributed by atoms with Crippen molar-refractivity contribution in [3.63, 3.8) is 0 Å². The van der Waals surface area contributed by atoms with Gasteiger partial charge in [-0.25, -0.2) is 0 Å². The van der Waals surface area contributed by atoms with E-state index in [2.05, 4.69) is 0 Å². The molecule has 0 spiro atoms. The lowest BCUT2D eigenvalue weighted by molar-refractivity contribution is -0.131. The molecule has 1 atom stereocenters. The number of carbonyl (C=O) groups excluding carboxylic acids is 1. The van der Waals surface area contributed by atoms with Crippen LogP contribution in [-0.2, 0) is 11.2 Å². The highest BCUT2D eigenvalue weighted by Crippen LogP contribution is 2.33. The largest absolute Gasteiger partial charge is 0.494 e. The Hall–Kier alpha value is -2.00. The van der Waals surface area contributed by atoms with Gasteiger partial charge in [0.1, 0.15) is 5.75 Å². The first-order valence-corrected chi connectivity index (χ1v) is 8.82. The van der Waals surface area contributed by atoms with Gasteiger partial charge in [0.2, 0.25) is 5.91 Å². The van der Waals surface area contributed by atoms with Crippen molar-refractivity contribution in [3.05, 3.63) is 64.7 Å². The molecule has 3 rings (SSSR count). The van der Waals surface area contributed by atoms with Gasteiger partial charge < -0.3 is 9.64 Å². The van der Waals surface area contributed by atoms with Crippen LogP contribution in [0.1, 0.15) is 36.9 Å². The van der Waals surface area contributed by atoms with E-state index in [4.69, 9.17) is 16.3 Å². The highest BCUT2D eigenvalue weighted by Gasteiger charge is 2.29. The van der Waals surface area contributed by atoms with Crippen molar-refractivity contribution in [2.45, 2.75) is 32.2 Å². The highest BCUT2D eigenvalue weighted by atomic mass is 35.5. The first-order valence-electron chi connectivity index (χ1n) is 8.44. The second kappa shape index (κ2) is 7.71. The van der Waals surface area contributed by atoms with Gasteiger partial charge in [0.25, 0.3) is 0 Å². The zero-order chi connectivity index (χ0) is 16.9. The number of likely N-dealkylation sites (tertiary alicyclic amines) is 1. The Morgan fingerprint density at radius 3 is 2.54 bits per heavy atom. The Bertz CT molecular complexity index is 682. The Morgan fingerprint density at radius 1 is 1.17 bits per heavy atom. The summed E-state index contributed by atoms with van der Waals surface area (Å²) in [6, 6.07) is 15.8. The fourth-order valence-corrected chi connectivity index (χ4v) is 3.37. The van der Waals surface area contributed by atoms with Crippen LogP contribution in [0.5, 0.6) is 5.75 Å². The topological polar surface area (TPSA) is 29.5 Å². The Labute approximate surface area is 148 Å². The molecule has 0 N–H and O–H groups in total. The summed E-state index contributed by atoms with van der Waals surface area (Å²) in [6.45, 7) is 3.43. The molecule has 4 heteroatoms. The summed E-state index contributed by atoms with van der Waals surface area (Å²) in [7, 11) is 0. The van der Waals surface area contributed by atoms with Crippen molar-refractivity contribution in [2.24, 2.45) is 0 Å². The number of nitrogens with zero attached hydrogens (tertiary/aromatic N) is 1. The number of benzene rings is 2.